The quantitative estimate of drug-likeness (QED) is 0.396. The number of aryl methyl sites for hydroxylation is 4. The highest BCUT2D eigenvalue weighted by atomic mass is 32.1. The largest absolute Gasteiger partial charge is 0.385 e. The molecule has 2 atom stereocenters. The third-order valence-electron chi connectivity index (χ3n) is 6.70. The number of hydrogen-bond acceptors (Lipinski definition) is 5. The van der Waals surface area contributed by atoms with Gasteiger partial charge in [-0.3, -0.25) is 9.48 Å². The van der Waals surface area contributed by atoms with E-state index < -0.39 is 0 Å². The topological polar surface area (TPSA) is 57.0 Å². The number of ketones is 1. The van der Waals surface area contributed by atoms with Crippen molar-refractivity contribution >= 4 is 17.1 Å². The van der Waals surface area contributed by atoms with Crippen molar-refractivity contribution < 1.29 is 13.9 Å². The standard InChI is InChI=1S/C26H32FN3O2S/c1-16-12-20(7-9-22(16)27)23-14-21(6-5-11-32-4)30(29-23)15-25(31)17(2)19-8-10-26-24(13-19)28-18(3)33-26/h7,9,12,14,17,19H,5-6,8,10-11,13,15H2,1-4H3. The van der Waals surface area contributed by atoms with E-state index in [9.17, 15) is 9.18 Å². The van der Waals surface area contributed by atoms with E-state index in [4.69, 9.17) is 9.84 Å². The van der Waals surface area contributed by atoms with E-state index in [1.807, 2.05) is 10.7 Å². The van der Waals surface area contributed by atoms with Crippen LogP contribution in [0.15, 0.2) is 24.3 Å². The molecule has 7 heteroatoms. The van der Waals surface area contributed by atoms with Gasteiger partial charge >= 0.3 is 0 Å². The van der Waals surface area contributed by atoms with Gasteiger partial charge < -0.3 is 4.74 Å². The van der Waals surface area contributed by atoms with Gasteiger partial charge in [0.25, 0.3) is 0 Å². The summed E-state index contributed by atoms with van der Waals surface area (Å²) in [7, 11) is 1.69. The normalized spacial score (nSPS) is 16.6. The van der Waals surface area contributed by atoms with E-state index in [-0.39, 0.29) is 24.1 Å². The minimum absolute atomic E-state index is 0.0484. The van der Waals surface area contributed by atoms with Gasteiger partial charge in [0.15, 0.2) is 5.78 Å². The Morgan fingerprint density at radius 3 is 2.91 bits per heavy atom. The number of ether oxygens (including phenoxy) is 1. The fourth-order valence-corrected chi connectivity index (χ4v) is 5.63. The van der Waals surface area contributed by atoms with Crippen molar-refractivity contribution in [3.05, 3.63) is 56.9 Å². The zero-order chi connectivity index (χ0) is 23.5. The van der Waals surface area contributed by atoms with Crippen molar-refractivity contribution in [2.75, 3.05) is 13.7 Å². The van der Waals surface area contributed by atoms with Crippen molar-refractivity contribution in [1.82, 2.24) is 14.8 Å². The highest BCUT2D eigenvalue weighted by Crippen LogP contribution is 2.34. The molecule has 0 bridgehead atoms. The maximum atomic E-state index is 13.7. The molecule has 0 saturated heterocycles. The van der Waals surface area contributed by atoms with Gasteiger partial charge in [0.05, 0.1) is 16.4 Å². The number of halogens is 1. The first kappa shape index (κ1) is 23.8. The Morgan fingerprint density at radius 2 is 2.15 bits per heavy atom. The molecule has 0 saturated carbocycles. The second kappa shape index (κ2) is 10.3. The Morgan fingerprint density at radius 1 is 1.33 bits per heavy atom. The number of carbonyl (C=O) groups excluding carboxylic acids is 1. The van der Waals surface area contributed by atoms with E-state index in [1.54, 1.807) is 37.5 Å². The lowest BCUT2D eigenvalue weighted by Gasteiger charge is -2.26. The summed E-state index contributed by atoms with van der Waals surface area (Å²) in [6.45, 7) is 6.76. The van der Waals surface area contributed by atoms with Crippen LogP contribution in [0.4, 0.5) is 4.39 Å². The summed E-state index contributed by atoms with van der Waals surface area (Å²) in [4.78, 5) is 19.4. The number of rotatable bonds is 9. The van der Waals surface area contributed by atoms with E-state index in [0.29, 0.717) is 18.1 Å². The lowest BCUT2D eigenvalue weighted by molar-refractivity contribution is -0.124. The van der Waals surface area contributed by atoms with E-state index >= 15 is 0 Å². The highest BCUT2D eigenvalue weighted by molar-refractivity contribution is 7.11. The molecule has 176 valence electrons. The maximum absolute atomic E-state index is 13.7. The molecule has 5 nitrogen and oxygen atoms in total. The van der Waals surface area contributed by atoms with Gasteiger partial charge in [-0.2, -0.15) is 5.10 Å². The van der Waals surface area contributed by atoms with Crippen LogP contribution in [0.5, 0.6) is 0 Å². The number of Topliss-reactive ketones (excluding diaryl/α,β-unsaturated/α-hetero) is 1. The zero-order valence-corrected chi connectivity index (χ0v) is 20.7. The first-order valence-electron chi connectivity index (χ1n) is 11.7. The van der Waals surface area contributed by atoms with Crippen LogP contribution in [0.1, 0.15) is 46.6 Å². The first-order valence-corrected chi connectivity index (χ1v) is 12.5. The van der Waals surface area contributed by atoms with E-state index in [2.05, 4.69) is 18.8 Å². The molecular weight excluding hydrogens is 437 g/mol. The molecule has 0 amide bonds. The molecule has 1 aliphatic rings. The van der Waals surface area contributed by atoms with Crippen molar-refractivity contribution in [1.29, 1.82) is 0 Å². The number of carbonyl (C=O) groups is 1. The van der Waals surface area contributed by atoms with Gasteiger partial charge in [-0.1, -0.05) is 6.92 Å². The summed E-state index contributed by atoms with van der Waals surface area (Å²) < 4.78 is 20.8. The number of fused-ring (bicyclic) bond motifs is 1. The molecule has 0 N–H and O–H groups in total. The first-order chi connectivity index (χ1) is 15.9. The number of methoxy groups -OCH3 is 1. The van der Waals surface area contributed by atoms with Gasteiger partial charge in [-0.25, -0.2) is 9.37 Å². The Hall–Kier alpha value is -2.38. The molecule has 3 aromatic rings. The Balaban J connectivity index is 1.52. The molecular formula is C26H32FN3O2S. The van der Waals surface area contributed by atoms with Crippen LogP contribution < -0.4 is 0 Å². The molecule has 0 aliphatic heterocycles. The number of aromatic nitrogens is 3. The zero-order valence-electron chi connectivity index (χ0n) is 19.9. The van der Waals surface area contributed by atoms with Crippen LogP contribution in [0.25, 0.3) is 11.3 Å². The monoisotopic (exact) mass is 469 g/mol. The average Bonchev–Trinajstić information content (AvgIpc) is 3.37. The SMILES string of the molecule is COCCCc1cc(-c2ccc(F)c(C)c2)nn1CC(=O)C(C)C1CCc2sc(C)nc2C1. The third-order valence-corrected chi connectivity index (χ3v) is 7.77. The second-order valence-electron chi connectivity index (χ2n) is 9.10. The summed E-state index contributed by atoms with van der Waals surface area (Å²) in [6.07, 6.45) is 4.55. The molecule has 4 rings (SSSR count). The third kappa shape index (κ3) is 5.41. The molecule has 0 spiro atoms. The molecule has 0 radical (unpaired) electrons. The summed E-state index contributed by atoms with van der Waals surface area (Å²) in [5.74, 6) is 0.243. The number of benzene rings is 1. The number of thiazole rings is 1. The van der Waals surface area contributed by atoms with Gasteiger partial charge in [0.2, 0.25) is 0 Å². The highest BCUT2D eigenvalue weighted by Gasteiger charge is 2.30. The predicted octanol–water partition coefficient (Wildman–Crippen LogP) is 5.35. The summed E-state index contributed by atoms with van der Waals surface area (Å²) >= 11 is 1.78. The molecule has 1 aliphatic carbocycles. The van der Waals surface area contributed by atoms with E-state index in [1.165, 1.54) is 16.6 Å². The molecule has 0 fully saturated rings. The summed E-state index contributed by atoms with van der Waals surface area (Å²) in [5.41, 5.74) is 4.40. The number of hydrogen-bond donors (Lipinski definition) is 0. The molecule has 2 unspecified atom stereocenters. The van der Waals surface area contributed by atoms with Crippen molar-refractivity contribution in [3.8, 4) is 11.3 Å². The predicted molar refractivity (Wildman–Crippen MR) is 129 cm³/mol. The van der Waals surface area contributed by atoms with Crippen LogP contribution in [0.3, 0.4) is 0 Å². The fraction of sp³-hybridized carbons (Fsp3) is 0.500. The van der Waals surface area contributed by atoms with Crippen LogP contribution in [0.2, 0.25) is 0 Å². The smallest absolute Gasteiger partial charge is 0.157 e. The van der Waals surface area contributed by atoms with Crippen LogP contribution in [0, 0.1) is 31.5 Å². The van der Waals surface area contributed by atoms with Crippen LogP contribution >= 0.6 is 11.3 Å². The summed E-state index contributed by atoms with van der Waals surface area (Å²) in [5, 5.41) is 5.87. The lowest BCUT2D eigenvalue weighted by Crippen LogP contribution is -2.29. The molecule has 33 heavy (non-hydrogen) atoms. The minimum atomic E-state index is -0.228. The minimum Gasteiger partial charge on any atom is -0.385 e. The second-order valence-corrected chi connectivity index (χ2v) is 10.4. The van der Waals surface area contributed by atoms with Gasteiger partial charge in [0, 0.05) is 35.8 Å². The van der Waals surface area contributed by atoms with Crippen LogP contribution in [-0.2, 0) is 35.3 Å². The van der Waals surface area contributed by atoms with Crippen molar-refractivity contribution in [3.63, 3.8) is 0 Å². The Bertz CT molecular complexity index is 1140. The van der Waals surface area contributed by atoms with Gasteiger partial charge in [-0.05, 0) is 81.7 Å². The fourth-order valence-electron chi connectivity index (χ4n) is 4.65. The molecule has 1 aromatic carbocycles. The number of nitrogens with zero attached hydrogens (tertiary/aromatic N) is 3. The molecule has 2 aromatic heterocycles. The summed E-state index contributed by atoms with van der Waals surface area (Å²) in [6, 6.07) is 7.04. The Labute approximate surface area is 199 Å². The van der Waals surface area contributed by atoms with Crippen LogP contribution in [-0.4, -0.2) is 34.3 Å². The van der Waals surface area contributed by atoms with Crippen molar-refractivity contribution in [2.24, 2.45) is 11.8 Å². The van der Waals surface area contributed by atoms with Gasteiger partial charge in [-0.15, -0.1) is 11.3 Å². The van der Waals surface area contributed by atoms with Gasteiger partial charge in [0.1, 0.15) is 12.4 Å². The lowest BCUT2D eigenvalue weighted by atomic mass is 9.80. The average molecular weight is 470 g/mol. The van der Waals surface area contributed by atoms with E-state index in [0.717, 1.165) is 54.1 Å². The molecule has 2 heterocycles. The maximum Gasteiger partial charge on any atom is 0.157 e. The van der Waals surface area contributed by atoms with Crippen molar-refractivity contribution in [2.45, 2.75) is 59.4 Å². The Kier molecular flexibility index (Phi) is 7.39.